The Hall–Kier alpha value is -1.21. The lowest BCUT2D eigenvalue weighted by atomic mass is 10.2. The van der Waals surface area contributed by atoms with Gasteiger partial charge in [0.15, 0.2) is 11.6 Å². The van der Waals surface area contributed by atoms with E-state index in [9.17, 15) is 8.78 Å². The largest absolute Gasteiger partial charge is 0.444 e. The van der Waals surface area contributed by atoms with Gasteiger partial charge in [-0.1, -0.05) is 0 Å². The Morgan fingerprint density at radius 3 is 2.78 bits per heavy atom. The Bertz CT molecular complexity index is 639. The van der Waals surface area contributed by atoms with Crippen molar-refractivity contribution in [2.75, 3.05) is 19.6 Å². The molecule has 1 saturated heterocycles. The first-order valence-corrected chi connectivity index (χ1v) is 6.98. The SMILES string of the molecule is C[C@@H]1CNCCN1Cc1coc(-c2ccc(F)c(F)c2)n1.Cl.Cl. The predicted octanol–water partition coefficient (Wildman–Crippen LogP) is 3.26. The van der Waals surface area contributed by atoms with Gasteiger partial charge in [-0.15, -0.1) is 24.8 Å². The summed E-state index contributed by atoms with van der Waals surface area (Å²) in [5.74, 6) is -1.46. The predicted molar refractivity (Wildman–Crippen MR) is 89.1 cm³/mol. The monoisotopic (exact) mass is 365 g/mol. The number of rotatable bonds is 3. The number of aromatic nitrogens is 1. The minimum atomic E-state index is -0.900. The van der Waals surface area contributed by atoms with Gasteiger partial charge < -0.3 is 9.73 Å². The van der Waals surface area contributed by atoms with Gasteiger partial charge in [0.25, 0.3) is 0 Å². The summed E-state index contributed by atoms with van der Waals surface area (Å²) in [7, 11) is 0. The summed E-state index contributed by atoms with van der Waals surface area (Å²) in [4.78, 5) is 6.67. The average Bonchev–Trinajstić information content (AvgIpc) is 2.93. The van der Waals surface area contributed by atoms with Crippen LogP contribution in [0.15, 0.2) is 28.9 Å². The maximum Gasteiger partial charge on any atom is 0.226 e. The van der Waals surface area contributed by atoms with E-state index in [1.807, 2.05) is 0 Å². The maximum atomic E-state index is 13.2. The number of piperazine rings is 1. The molecule has 3 rings (SSSR count). The van der Waals surface area contributed by atoms with Gasteiger partial charge in [0.1, 0.15) is 6.26 Å². The second-order valence-corrected chi connectivity index (χ2v) is 5.30. The molecule has 1 aromatic carbocycles. The highest BCUT2D eigenvalue weighted by Gasteiger charge is 2.19. The summed E-state index contributed by atoms with van der Waals surface area (Å²) in [5.41, 5.74) is 1.23. The fourth-order valence-electron chi connectivity index (χ4n) is 2.47. The van der Waals surface area contributed by atoms with E-state index < -0.39 is 11.6 Å². The van der Waals surface area contributed by atoms with E-state index in [4.69, 9.17) is 4.42 Å². The third-order valence-corrected chi connectivity index (χ3v) is 3.72. The molecule has 2 aromatic rings. The molecule has 8 heteroatoms. The minimum Gasteiger partial charge on any atom is -0.444 e. The van der Waals surface area contributed by atoms with Gasteiger partial charge in [0.2, 0.25) is 5.89 Å². The van der Waals surface area contributed by atoms with Crippen molar-refractivity contribution in [1.29, 1.82) is 0 Å². The molecule has 1 fully saturated rings. The second-order valence-electron chi connectivity index (χ2n) is 5.30. The standard InChI is InChI=1S/C15H17F2N3O.2ClH/c1-10-7-18-4-5-20(10)8-12-9-21-15(19-12)11-2-3-13(16)14(17)6-11;;/h2-3,6,9-10,18H,4-5,7-8H2,1H3;2*1H/t10-;;/m1../s1. The first kappa shape index (κ1) is 19.8. The Labute approximate surface area is 146 Å². The molecular weight excluding hydrogens is 347 g/mol. The van der Waals surface area contributed by atoms with Gasteiger partial charge >= 0.3 is 0 Å². The van der Waals surface area contributed by atoms with Crippen LogP contribution in [0.5, 0.6) is 0 Å². The number of nitrogens with one attached hydrogen (secondary N) is 1. The van der Waals surface area contributed by atoms with E-state index in [0.29, 0.717) is 24.0 Å². The van der Waals surface area contributed by atoms with Gasteiger partial charge in [0, 0.05) is 37.8 Å². The van der Waals surface area contributed by atoms with E-state index >= 15 is 0 Å². The molecule has 128 valence electrons. The van der Waals surface area contributed by atoms with E-state index in [1.54, 1.807) is 6.26 Å². The Morgan fingerprint density at radius 2 is 2.09 bits per heavy atom. The summed E-state index contributed by atoms with van der Waals surface area (Å²) in [5, 5.41) is 3.33. The highest BCUT2D eigenvalue weighted by atomic mass is 35.5. The summed E-state index contributed by atoms with van der Waals surface area (Å²) in [6.45, 7) is 5.71. The fourth-order valence-corrected chi connectivity index (χ4v) is 2.47. The zero-order valence-electron chi connectivity index (χ0n) is 12.6. The third kappa shape index (κ3) is 4.64. The third-order valence-electron chi connectivity index (χ3n) is 3.72. The molecule has 1 atom stereocenters. The van der Waals surface area contributed by atoms with Gasteiger partial charge in [0.05, 0.1) is 5.69 Å². The van der Waals surface area contributed by atoms with E-state index in [0.717, 1.165) is 37.5 Å². The first-order valence-electron chi connectivity index (χ1n) is 6.98. The molecule has 0 spiro atoms. The van der Waals surface area contributed by atoms with Crippen LogP contribution in [0.25, 0.3) is 11.5 Å². The zero-order valence-corrected chi connectivity index (χ0v) is 14.2. The lowest BCUT2D eigenvalue weighted by Crippen LogP contribution is -2.49. The van der Waals surface area contributed by atoms with Gasteiger partial charge in [-0.3, -0.25) is 4.90 Å². The van der Waals surface area contributed by atoms with Crippen molar-refractivity contribution in [3.05, 3.63) is 41.8 Å². The maximum absolute atomic E-state index is 13.2. The molecule has 2 heterocycles. The Kier molecular flexibility index (Phi) is 7.41. The van der Waals surface area contributed by atoms with Crippen LogP contribution in [0.1, 0.15) is 12.6 Å². The lowest BCUT2D eigenvalue weighted by Gasteiger charge is -2.33. The second kappa shape index (κ2) is 8.59. The smallest absolute Gasteiger partial charge is 0.226 e. The zero-order chi connectivity index (χ0) is 14.8. The number of hydrogen-bond donors (Lipinski definition) is 1. The van der Waals surface area contributed by atoms with Crippen LogP contribution in [-0.4, -0.2) is 35.6 Å². The number of hydrogen-bond acceptors (Lipinski definition) is 4. The number of benzene rings is 1. The topological polar surface area (TPSA) is 41.3 Å². The van der Waals surface area contributed by atoms with E-state index in [-0.39, 0.29) is 24.8 Å². The summed E-state index contributed by atoms with van der Waals surface area (Å²) >= 11 is 0. The molecule has 0 saturated carbocycles. The van der Waals surface area contributed by atoms with Crippen molar-refractivity contribution in [2.45, 2.75) is 19.5 Å². The molecule has 4 nitrogen and oxygen atoms in total. The molecule has 0 radical (unpaired) electrons. The normalized spacial score (nSPS) is 18.1. The van der Waals surface area contributed by atoms with Gasteiger partial charge in [-0.2, -0.15) is 0 Å². The van der Waals surface area contributed by atoms with Crippen molar-refractivity contribution < 1.29 is 13.2 Å². The quantitative estimate of drug-likeness (QED) is 0.906. The van der Waals surface area contributed by atoms with Gasteiger partial charge in [-0.05, 0) is 25.1 Å². The fraction of sp³-hybridized carbons (Fsp3) is 0.400. The molecule has 0 unspecified atom stereocenters. The van der Waals surface area contributed by atoms with Crippen LogP contribution in [0.4, 0.5) is 8.78 Å². The van der Waals surface area contributed by atoms with Gasteiger partial charge in [-0.25, -0.2) is 13.8 Å². The molecule has 1 aliphatic heterocycles. The van der Waals surface area contributed by atoms with E-state index in [1.165, 1.54) is 6.07 Å². The van der Waals surface area contributed by atoms with Crippen molar-refractivity contribution in [3.8, 4) is 11.5 Å². The summed E-state index contributed by atoms with van der Waals surface area (Å²) in [6.07, 6.45) is 1.57. The minimum absolute atomic E-state index is 0. The highest BCUT2D eigenvalue weighted by molar-refractivity contribution is 5.85. The summed E-state index contributed by atoms with van der Waals surface area (Å²) < 4.78 is 31.5. The van der Waals surface area contributed by atoms with E-state index in [2.05, 4.69) is 22.1 Å². The molecule has 23 heavy (non-hydrogen) atoms. The van der Waals surface area contributed by atoms with Crippen LogP contribution < -0.4 is 5.32 Å². The molecule has 1 aliphatic rings. The Morgan fingerprint density at radius 1 is 1.30 bits per heavy atom. The molecule has 0 bridgehead atoms. The first-order chi connectivity index (χ1) is 10.1. The van der Waals surface area contributed by atoms with Crippen molar-refractivity contribution in [2.24, 2.45) is 0 Å². The molecule has 0 amide bonds. The molecule has 0 aliphatic carbocycles. The van der Waals surface area contributed by atoms with Crippen LogP contribution in [0.2, 0.25) is 0 Å². The van der Waals surface area contributed by atoms with Crippen molar-refractivity contribution in [3.63, 3.8) is 0 Å². The average molecular weight is 366 g/mol. The Balaban J connectivity index is 0.00000132. The summed E-state index contributed by atoms with van der Waals surface area (Å²) in [6, 6.07) is 4.06. The number of oxazole rings is 1. The van der Waals surface area contributed by atoms with Crippen LogP contribution in [0, 0.1) is 11.6 Å². The lowest BCUT2D eigenvalue weighted by molar-refractivity contribution is 0.163. The highest BCUT2D eigenvalue weighted by Crippen LogP contribution is 2.21. The van der Waals surface area contributed by atoms with Crippen LogP contribution in [0.3, 0.4) is 0 Å². The van der Waals surface area contributed by atoms with Crippen LogP contribution in [-0.2, 0) is 6.54 Å². The number of nitrogens with zero attached hydrogens (tertiary/aromatic N) is 2. The van der Waals surface area contributed by atoms with Crippen LogP contribution >= 0.6 is 24.8 Å². The molecular formula is C15H19Cl2F2N3O. The van der Waals surface area contributed by atoms with Crippen molar-refractivity contribution in [1.82, 2.24) is 15.2 Å². The molecule has 1 N–H and O–H groups in total. The van der Waals surface area contributed by atoms with Crippen molar-refractivity contribution >= 4 is 24.8 Å². The molecule has 1 aromatic heterocycles. The number of halogens is 4.